The first-order valence-corrected chi connectivity index (χ1v) is 8.14. The standard InChI is InChI=1S/C16H32N2/c1-4-16-8-9-18(11-13(2)10-17-16)12-15-7-5-6-14(15)3/h13-17H,4-12H2,1-3H3. The predicted molar refractivity (Wildman–Crippen MR) is 78.8 cm³/mol. The highest BCUT2D eigenvalue weighted by molar-refractivity contribution is 4.81. The summed E-state index contributed by atoms with van der Waals surface area (Å²) in [5, 5.41) is 3.72. The van der Waals surface area contributed by atoms with Gasteiger partial charge < -0.3 is 10.2 Å². The molecule has 1 N–H and O–H groups in total. The van der Waals surface area contributed by atoms with Crippen LogP contribution in [0.15, 0.2) is 0 Å². The minimum atomic E-state index is 0.747. The molecule has 2 fully saturated rings. The molecule has 0 bridgehead atoms. The van der Waals surface area contributed by atoms with Crippen molar-refractivity contribution in [1.29, 1.82) is 0 Å². The van der Waals surface area contributed by atoms with Crippen LogP contribution in [0.3, 0.4) is 0 Å². The van der Waals surface area contributed by atoms with Crippen LogP contribution in [0.5, 0.6) is 0 Å². The molecule has 1 heterocycles. The summed E-state index contributed by atoms with van der Waals surface area (Å²) < 4.78 is 0. The van der Waals surface area contributed by atoms with Crippen molar-refractivity contribution in [3.8, 4) is 0 Å². The van der Waals surface area contributed by atoms with E-state index < -0.39 is 0 Å². The number of nitrogens with one attached hydrogen (secondary N) is 1. The lowest BCUT2D eigenvalue weighted by Gasteiger charge is -2.34. The Morgan fingerprint density at radius 2 is 2.00 bits per heavy atom. The molecule has 2 aliphatic rings. The molecule has 2 heteroatoms. The quantitative estimate of drug-likeness (QED) is 0.830. The highest BCUT2D eigenvalue weighted by atomic mass is 15.1. The SMILES string of the molecule is CCC1CCN(CC2CCCC2C)CC(C)CN1. The van der Waals surface area contributed by atoms with Crippen molar-refractivity contribution in [1.82, 2.24) is 10.2 Å². The maximum absolute atomic E-state index is 3.72. The van der Waals surface area contributed by atoms with Crippen LogP contribution >= 0.6 is 0 Å². The topological polar surface area (TPSA) is 15.3 Å². The Morgan fingerprint density at radius 1 is 1.17 bits per heavy atom. The summed E-state index contributed by atoms with van der Waals surface area (Å²) in [4.78, 5) is 2.76. The van der Waals surface area contributed by atoms with Crippen molar-refractivity contribution in [3.05, 3.63) is 0 Å². The molecule has 18 heavy (non-hydrogen) atoms. The van der Waals surface area contributed by atoms with Crippen molar-refractivity contribution in [2.75, 3.05) is 26.2 Å². The van der Waals surface area contributed by atoms with E-state index in [1.54, 1.807) is 0 Å². The average molecular weight is 252 g/mol. The molecule has 2 nitrogen and oxygen atoms in total. The zero-order chi connectivity index (χ0) is 13.0. The van der Waals surface area contributed by atoms with Crippen LogP contribution in [0.4, 0.5) is 0 Å². The van der Waals surface area contributed by atoms with Gasteiger partial charge in [-0.15, -0.1) is 0 Å². The molecule has 106 valence electrons. The fourth-order valence-electron chi connectivity index (χ4n) is 3.74. The van der Waals surface area contributed by atoms with Crippen LogP contribution in [-0.4, -0.2) is 37.1 Å². The minimum Gasteiger partial charge on any atom is -0.314 e. The van der Waals surface area contributed by atoms with Crippen molar-refractivity contribution in [2.45, 2.75) is 58.9 Å². The van der Waals surface area contributed by atoms with Gasteiger partial charge in [-0.05, 0) is 50.1 Å². The highest BCUT2D eigenvalue weighted by Crippen LogP contribution is 2.32. The minimum absolute atomic E-state index is 0.747. The molecular formula is C16H32N2. The largest absolute Gasteiger partial charge is 0.314 e. The van der Waals surface area contributed by atoms with Gasteiger partial charge in [-0.2, -0.15) is 0 Å². The van der Waals surface area contributed by atoms with Gasteiger partial charge in [0, 0.05) is 19.1 Å². The molecule has 0 aromatic heterocycles. The van der Waals surface area contributed by atoms with Gasteiger partial charge in [0.05, 0.1) is 0 Å². The van der Waals surface area contributed by atoms with Crippen LogP contribution in [0.25, 0.3) is 0 Å². The summed E-state index contributed by atoms with van der Waals surface area (Å²) in [6, 6.07) is 0.747. The van der Waals surface area contributed by atoms with E-state index in [9.17, 15) is 0 Å². The van der Waals surface area contributed by atoms with E-state index in [1.165, 1.54) is 58.3 Å². The number of hydrogen-bond acceptors (Lipinski definition) is 2. The Bertz CT molecular complexity index is 241. The molecule has 4 atom stereocenters. The third-order valence-electron chi connectivity index (χ3n) is 5.14. The van der Waals surface area contributed by atoms with Crippen LogP contribution in [-0.2, 0) is 0 Å². The second-order valence-corrected chi connectivity index (χ2v) is 6.84. The second kappa shape index (κ2) is 6.91. The molecule has 0 spiro atoms. The Labute approximate surface area is 114 Å². The molecule has 0 radical (unpaired) electrons. The predicted octanol–water partition coefficient (Wildman–Crippen LogP) is 3.13. The Kier molecular flexibility index (Phi) is 5.50. The van der Waals surface area contributed by atoms with E-state index in [-0.39, 0.29) is 0 Å². The van der Waals surface area contributed by atoms with Gasteiger partial charge in [0.15, 0.2) is 0 Å². The molecular weight excluding hydrogens is 220 g/mol. The van der Waals surface area contributed by atoms with Crippen LogP contribution in [0, 0.1) is 17.8 Å². The number of nitrogens with zero attached hydrogens (tertiary/aromatic N) is 1. The lowest BCUT2D eigenvalue weighted by Crippen LogP contribution is -2.44. The summed E-state index contributed by atoms with van der Waals surface area (Å²) in [7, 11) is 0. The second-order valence-electron chi connectivity index (χ2n) is 6.84. The maximum atomic E-state index is 3.72. The Balaban J connectivity index is 1.85. The van der Waals surface area contributed by atoms with Crippen molar-refractivity contribution in [2.24, 2.45) is 17.8 Å². The number of hydrogen-bond donors (Lipinski definition) is 1. The molecule has 1 aliphatic heterocycles. The van der Waals surface area contributed by atoms with Gasteiger partial charge in [0.25, 0.3) is 0 Å². The third kappa shape index (κ3) is 3.96. The van der Waals surface area contributed by atoms with E-state index in [0.717, 1.165) is 23.8 Å². The summed E-state index contributed by atoms with van der Waals surface area (Å²) in [6.07, 6.45) is 7.02. The summed E-state index contributed by atoms with van der Waals surface area (Å²) in [5.41, 5.74) is 0. The van der Waals surface area contributed by atoms with Gasteiger partial charge in [0.1, 0.15) is 0 Å². The third-order valence-corrected chi connectivity index (χ3v) is 5.14. The first-order chi connectivity index (χ1) is 8.69. The van der Waals surface area contributed by atoms with Crippen molar-refractivity contribution >= 4 is 0 Å². The van der Waals surface area contributed by atoms with Crippen LogP contribution in [0.2, 0.25) is 0 Å². The summed E-state index contributed by atoms with van der Waals surface area (Å²) in [6.45, 7) is 12.3. The normalized spacial score (nSPS) is 39.5. The smallest absolute Gasteiger partial charge is 0.00767 e. The molecule has 0 amide bonds. The molecule has 1 saturated heterocycles. The lowest BCUT2D eigenvalue weighted by molar-refractivity contribution is 0.161. The molecule has 2 rings (SSSR count). The highest BCUT2D eigenvalue weighted by Gasteiger charge is 2.26. The number of rotatable bonds is 3. The van der Waals surface area contributed by atoms with Crippen LogP contribution < -0.4 is 5.32 Å². The van der Waals surface area contributed by atoms with Gasteiger partial charge in [-0.3, -0.25) is 0 Å². The zero-order valence-corrected chi connectivity index (χ0v) is 12.6. The van der Waals surface area contributed by atoms with E-state index in [1.807, 2.05) is 0 Å². The van der Waals surface area contributed by atoms with E-state index in [0.29, 0.717) is 0 Å². The summed E-state index contributed by atoms with van der Waals surface area (Å²) in [5.74, 6) is 2.74. The average Bonchev–Trinajstić information content (AvgIpc) is 2.72. The van der Waals surface area contributed by atoms with Gasteiger partial charge >= 0.3 is 0 Å². The van der Waals surface area contributed by atoms with Crippen LogP contribution in [0.1, 0.15) is 52.9 Å². The Hall–Kier alpha value is -0.0800. The Morgan fingerprint density at radius 3 is 2.67 bits per heavy atom. The monoisotopic (exact) mass is 252 g/mol. The fraction of sp³-hybridized carbons (Fsp3) is 1.00. The van der Waals surface area contributed by atoms with Crippen molar-refractivity contribution < 1.29 is 0 Å². The first kappa shape index (κ1) is 14.3. The zero-order valence-electron chi connectivity index (χ0n) is 12.6. The molecule has 0 aromatic carbocycles. The maximum Gasteiger partial charge on any atom is 0.00767 e. The van der Waals surface area contributed by atoms with Gasteiger partial charge in [-0.1, -0.05) is 33.6 Å². The van der Waals surface area contributed by atoms with Gasteiger partial charge in [0.2, 0.25) is 0 Å². The molecule has 1 aliphatic carbocycles. The fourth-order valence-corrected chi connectivity index (χ4v) is 3.74. The first-order valence-electron chi connectivity index (χ1n) is 8.14. The lowest BCUT2D eigenvalue weighted by atomic mass is 9.96. The molecule has 1 saturated carbocycles. The van der Waals surface area contributed by atoms with Gasteiger partial charge in [-0.25, -0.2) is 0 Å². The molecule has 4 unspecified atom stereocenters. The summed E-state index contributed by atoms with van der Waals surface area (Å²) >= 11 is 0. The van der Waals surface area contributed by atoms with E-state index in [4.69, 9.17) is 0 Å². The van der Waals surface area contributed by atoms with E-state index >= 15 is 0 Å². The van der Waals surface area contributed by atoms with Crippen molar-refractivity contribution in [3.63, 3.8) is 0 Å². The molecule has 0 aromatic rings. The van der Waals surface area contributed by atoms with E-state index in [2.05, 4.69) is 31.0 Å².